The minimum absolute atomic E-state index is 0.0754. The van der Waals surface area contributed by atoms with Gasteiger partial charge < -0.3 is 9.88 Å². The molecular weight excluding hydrogens is 392 g/mol. The van der Waals surface area contributed by atoms with Crippen LogP contribution in [0.5, 0.6) is 0 Å². The van der Waals surface area contributed by atoms with Crippen LogP contribution in [0, 0.1) is 0 Å². The molecule has 0 bridgehead atoms. The van der Waals surface area contributed by atoms with Gasteiger partial charge in [0.2, 0.25) is 5.91 Å². The highest BCUT2D eigenvalue weighted by molar-refractivity contribution is 7.99. The van der Waals surface area contributed by atoms with Crippen LogP contribution in [0.15, 0.2) is 53.7 Å². The highest BCUT2D eigenvalue weighted by Gasteiger charge is 2.13. The molecule has 3 aromatic rings. The summed E-state index contributed by atoms with van der Waals surface area (Å²) in [5.41, 5.74) is 2.97. The molecule has 0 radical (unpaired) electrons. The average molecular weight is 415 g/mol. The molecule has 1 aromatic heterocycles. The zero-order chi connectivity index (χ0) is 20.1. The van der Waals surface area contributed by atoms with Gasteiger partial charge in [-0.15, -0.1) is 10.2 Å². The maximum atomic E-state index is 12.3. The fourth-order valence-electron chi connectivity index (χ4n) is 2.78. The fourth-order valence-corrected chi connectivity index (χ4v) is 3.68. The van der Waals surface area contributed by atoms with Gasteiger partial charge in [-0.05, 0) is 42.2 Å². The number of rotatable bonds is 7. The van der Waals surface area contributed by atoms with Gasteiger partial charge in [0.25, 0.3) is 0 Å². The first-order chi connectivity index (χ1) is 13.5. The molecule has 7 heteroatoms. The number of halogens is 1. The molecule has 0 spiro atoms. The predicted molar refractivity (Wildman–Crippen MR) is 116 cm³/mol. The zero-order valence-electron chi connectivity index (χ0n) is 16.1. The molecule has 5 nitrogen and oxygen atoms in total. The minimum atomic E-state index is -0.0754. The van der Waals surface area contributed by atoms with E-state index in [1.54, 1.807) is 0 Å². The number of nitrogens with zero attached hydrogens (tertiary/aromatic N) is 3. The Morgan fingerprint density at radius 2 is 1.96 bits per heavy atom. The van der Waals surface area contributed by atoms with Crippen molar-refractivity contribution in [3.63, 3.8) is 0 Å². The third kappa shape index (κ3) is 4.94. The topological polar surface area (TPSA) is 59.8 Å². The van der Waals surface area contributed by atoms with Crippen LogP contribution in [-0.4, -0.2) is 26.4 Å². The first-order valence-corrected chi connectivity index (χ1v) is 10.5. The van der Waals surface area contributed by atoms with E-state index in [2.05, 4.69) is 41.5 Å². The molecular formula is C21H23ClN4OS. The van der Waals surface area contributed by atoms with E-state index in [4.69, 9.17) is 11.6 Å². The second-order valence-corrected chi connectivity index (χ2v) is 8.02. The van der Waals surface area contributed by atoms with Crippen molar-refractivity contribution >= 4 is 35.0 Å². The van der Waals surface area contributed by atoms with Crippen LogP contribution in [0.25, 0.3) is 11.4 Å². The van der Waals surface area contributed by atoms with Crippen LogP contribution in [0.3, 0.4) is 0 Å². The third-order valence-electron chi connectivity index (χ3n) is 4.63. The summed E-state index contributed by atoms with van der Waals surface area (Å²) in [4.78, 5) is 12.3. The van der Waals surface area contributed by atoms with Gasteiger partial charge >= 0.3 is 0 Å². The number of thioether (sulfide) groups is 1. The Bertz CT molecular complexity index is 955. The van der Waals surface area contributed by atoms with Gasteiger partial charge in [-0.25, -0.2) is 0 Å². The number of nitrogens with one attached hydrogen (secondary N) is 1. The van der Waals surface area contributed by atoms with Crippen LogP contribution in [0.2, 0.25) is 5.02 Å². The van der Waals surface area contributed by atoms with E-state index >= 15 is 0 Å². The van der Waals surface area contributed by atoms with Crippen molar-refractivity contribution in [2.75, 3.05) is 11.1 Å². The molecule has 28 heavy (non-hydrogen) atoms. The average Bonchev–Trinajstić information content (AvgIpc) is 3.07. The minimum Gasteiger partial charge on any atom is -0.325 e. The molecule has 3 rings (SSSR count). The summed E-state index contributed by atoms with van der Waals surface area (Å²) in [7, 11) is 1.88. The van der Waals surface area contributed by atoms with Crippen molar-refractivity contribution in [2.45, 2.75) is 31.3 Å². The van der Waals surface area contributed by atoms with Gasteiger partial charge in [0.1, 0.15) is 0 Å². The summed E-state index contributed by atoms with van der Waals surface area (Å²) < 4.78 is 1.87. The third-order valence-corrected chi connectivity index (χ3v) is 5.88. The molecule has 0 aliphatic heterocycles. The predicted octanol–water partition coefficient (Wildman–Crippen LogP) is 5.38. The molecule has 0 fully saturated rings. The largest absolute Gasteiger partial charge is 0.325 e. The number of carbonyl (C=O) groups is 1. The SMILES string of the molecule is CC[C@@H](C)c1ccc(NC(=O)CSc2nnc(-c3cccc(Cl)c3)n2C)cc1. The number of hydrogen-bond donors (Lipinski definition) is 1. The zero-order valence-corrected chi connectivity index (χ0v) is 17.7. The van der Waals surface area contributed by atoms with Gasteiger partial charge in [0.15, 0.2) is 11.0 Å². The summed E-state index contributed by atoms with van der Waals surface area (Å²) in [6.07, 6.45) is 1.09. The van der Waals surface area contributed by atoms with Gasteiger partial charge in [-0.2, -0.15) is 0 Å². The summed E-state index contributed by atoms with van der Waals surface area (Å²) in [5.74, 6) is 1.42. The molecule has 1 N–H and O–H groups in total. The molecule has 2 aromatic carbocycles. The van der Waals surface area contributed by atoms with E-state index in [0.717, 1.165) is 17.7 Å². The monoisotopic (exact) mass is 414 g/mol. The Kier molecular flexibility index (Phi) is 6.75. The number of anilines is 1. The van der Waals surface area contributed by atoms with Gasteiger partial charge in [-0.1, -0.05) is 61.5 Å². The summed E-state index contributed by atoms with van der Waals surface area (Å²) in [6, 6.07) is 15.5. The van der Waals surface area contributed by atoms with Gasteiger partial charge in [0.05, 0.1) is 5.75 Å². The molecule has 0 aliphatic carbocycles. The van der Waals surface area contributed by atoms with E-state index < -0.39 is 0 Å². The smallest absolute Gasteiger partial charge is 0.234 e. The molecule has 1 atom stereocenters. The maximum Gasteiger partial charge on any atom is 0.234 e. The number of carbonyl (C=O) groups excluding carboxylic acids is 1. The van der Waals surface area contributed by atoms with Crippen molar-refractivity contribution in [2.24, 2.45) is 7.05 Å². The summed E-state index contributed by atoms with van der Waals surface area (Å²) in [6.45, 7) is 4.37. The first kappa shape index (κ1) is 20.4. The quantitative estimate of drug-likeness (QED) is 0.527. The van der Waals surface area contributed by atoms with Crippen LogP contribution in [-0.2, 0) is 11.8 Å². The highest BCUT2D eigenvalue weighted by Crippen LogP contribution is 2.25. The molecule has 0 unspecified atom stereocenters. The maximum absolute atomic E-state index is 12.3. The molecule has 1 amide bonds. The van der Waals surface area contributed by atoms with Crippen LogP contribution < -0.4 is 5.32 Å². The van der Waals surface area contributed by atoms with Crippen LogP contribution in [0.1, 0.15) is 31.7 Å². The van der Waals surface area contributed by atoms with E-state index in [1.165, 1.54) is 17.3 Å². The summed E-state index contributed by atoms with van der Waals surface area (Å²) >= 11 is 7.40. The Labute approximate surface area is 174 Å². The van der Waals surface area contributed by atoms with Crippen LogP contribution >= 0.6 is 23.4 Å². The van der Waals surface area contributed by atoms with Crippen LogP contribution in [0.4, 0.5) is 5.69 Å². The second-order valence-electron chi connectivity index (χ2n) is 6.64. The lowest BCUT2D eigenvalue weighted by atomic mass is 9.99. The number of aromatic nitrogens is 3. The lowest BCUT2D eigenvalue weighted by Gasteiger charge is -2.10. The van der Waals surface area contributed by atoms with E-state index in [0.29, 0.717) is 21.9 Å². The van der Waals surface area contributed by atoms with Crippen molar-refractivity contribution in [3.05, 3.63) is 59.1 Å². The second kappa shape index (κ2) is 9.26. The lowest BCUT2D eigenvalue weighted by molar-refractivity contribution is -0.113. The molecule has 0 aliphatic rings. The van der Waals surface area contributed by atoms with E-state index in [9.17, 15) is 4.79 Å². The number of benzene rings is 2. The Hall–Kier alpha value is -2.31. The van der Waals surface area contributed by atoms with E-state index in [1.807, 2.05) is 48.0 Å². The van der Waals surface area contributed by atoms with Crippen molar-refractivity contribution in [3.8, 4) is 11.4 Å². The standard InChI is InChI=1S/C21H23ClN4OS/c1-4-14(2)15-8-10-18(11-9-15)23-19(27)13-28-21-25-24-20(26(21)3)16-6-5-7-17(22)12-16/h5-12,14H,4,13H2,1-3H3,(H,23,27)/t14-/m1/s1. The van der Waals surface area contributed by atoms with Crippen molar-refractivity contribution in [1.82, 2.24) is 14.8 Å². The van der Waals surface area contributed by atoms with Gasteiger partial charge in [-0.3, -0.25) is 4.79 Å². The summed E-state index contributed by atoms with van der Waals surface area (Å²) in [5, 5.41) is 12.7. The van der Waals surface area contributed by atoms with Gasteiger partial charge in [0, 0.05) is 23.3 Å². The Morgan fingerprint density at radius 1 is 1.21 bits per heavy atom. The number of amides is 1. The molecule has 0 saturated carbocycles. The molecule has 1 heterocycles. The Morgan fingerprint density at radius 3 is 2.64 bits per heavy atom. The Balaban J connectivity index is 1.59. The van der Waals surface area contributed by atoms with Crippen molar-refractivity contribution in [1.29, 1.82) is 0 Å². The van der Waals surface area contributed by atoms with E-state index in [-0.39, 0.29) is 11.7 Å². The highest BCUT2D eigenvalue weighted by atomic mass is 35.5. The number of hydrogen-bond acceptors (Lipinski definition) is 4. The van der Waals surface area contributed by atoms with Crippen molar-refractivity contribution < 1.29 is 4.79 Å². The molecule has 146 valence electrons. The lowest BCUT2D eigenvalue weighted by Crippen LogP contribution is -2.14. The molecule has 0 saturated heterocycles. The first-order valence-electron chi connectivity index (χ1n) is 9.16. The fraction of sp³-hybridized carbons (Fsp3) is 0.286. The normalized spacial score (nSPS) is 12.0.